The second-order valence-electron chi connectivity index (χ2n) is 4.85. The van der Waals surface area contributed by atoms with Crippen LogP contribution in [-0.2, 0) is 6.54 Å². The summed E-state index contributed by atoms with van der Waals surface area (Å²) < 4.78 is 13.1. The number of nitrogens with zero attached hydrogens (tertiary/aromatic N) is 4. The first kappa shape index (κ1) is 15.6. The van der Waals surface area contributed by atoms with Crippen molar-refractivity contribution >= 4 is 22.5 Å². The van der Waals surface area contributed by atoms with Crippen LogP contribution in [0, 0.1) is 0 Å². The molecule has 0 atom stereocenters. The third kappa shape index (κ3) is 3.37. The second kappa shape index (κ2) is 6.83. The molecule has 0 aliphatic heterocycles. The summed E-state index contributed by atoms with van der Waals surface area (Å²) >= 11 is 6.33. The van der Waals surface area contributed by atoms with Gasteiger partial charge in [-0.25, -0.2) is 15.0 Å². The Morgan fingerprint density at radius 3 is 2.48 bits per heavy atom. The topological polar surface area (TPSA) is 62.1 Å². The van der Waals surface area contributed by atoms with Crippen LogP contribution in [0.5, 0.6) is 11.5 Å². The number of fused-ring (bicyclic) bond motifs is 1. The van der Waals surface area contributed by atoms with E-state index in [2.05, 4.69) is 15.0 Å². The predicted molar refractivity (Wildman–Crippen MR) is 88.2 cm³/mol. The van der Waals surface area contributed by atoms with Crippen molar-refractivity contribution < 1.29 is 9.47 Å². The van der Waals surface area contributed by atoms with Gasteiger partial charge in [0, 0.05) is 23.8 Å². The van der Waals surface area contributed by atoms with E-state index in [9.17, 15) is 0 Å². The highest BCUT2D eigenvalue weighted by Crippen LogP contribution is 2.34. The van der Waals surface area contributed by atoms with E-state index in [4.69, 9.17) is 21.1 Å². The molecular weight excluding hydrogens is 316 g/mol. The minimum Gasteiger partial charge on any atom is -0.490 e. The third-order valence-electron chi connectivity index (χ3n) is 3.24. The molecule has 0 radical (unpaired) electrons. The summed E-state index contributed by atoms with van der Waals surface area (Å²) in [5, 5.41) is 1.14. The Balaban J connectivity index is 2.05. The number of halogens is 1. The Labute approximate surface area is 139 Å². The van der Waals surface area contributed by atoms with E-state index < -0.39 is 0 Å². The Hall–Kier alpha value is -2.34. The first-order valence-electron chi connectivity index (χ1n) is 7.42. The van der Waals surface area contributed by atoms with Crippen LogP contribution in [0.3, 0.4) is 0 Å². The Morgan fingerprint density at radius 2 is 1.83 bits per heavy atom. The fraction of sp³-hybridized carbons (Fsp3) is 0.312. The Bertz CT molecular complexity index is 805. The zero-order chi connectivity index (χ0) is 16.2. The third-order valence-corrected chi connectivity index (χ3v) is 3.53. The minimum atomic E-state index is 0.397. The van der Waals surface area contributed by atoms with Gasteiger partial charge in [0.05, 0.1) is 31.6 Å². The van der Waals surface area contributed by atoms with E-state index >= 15 is 0 Å². The van der Waals surface area contributed by atoms with Crippen LogP contribution in [0.25, 0.3) is 10.9 Å². The maximum Gasteiger partial charge on any atom is 0.163 e. The lowest BCUT2D eigenvalue weighted by molar-refractivity contribution is 0.288. The largest absolute Gasteiger partial charge is 0.490 e. The van der Waals surface area contributed by atoms with Crippen LogP contribution < -0.4 is 9.47 Å². The molecule has 2 heterocycles. The highest BCUT2D eigenvalue weighted by atomic mass is 35.5. The van der Waals surface area contributed by atoms with Crippen molar-refractivity contribution in [1.82, 2.24) is 19.5 Å². The quantitative estimate of drug-likeness (QED) is 0.648. The van der Waals surface area contributed by atoms with Gasteiger partial charge in [0.15, 0.2) is 11.5 Å². The van der Waals surface area contributed by atoms with Crippen LogP contribution in [-0.4, -0.2) is 32.7 Å². The molecule has 0 saturated carbocycles. The van der Waals surface area contributed by atoms with Crippen molar-refractivity contribution in [3.05, 3.63) is 41.8 Å². The maximum atomic E-state index is 6.33. The summed E-state index contributed by atoms with van der Waals surface area (Å²) in [5.74, 6) is 1.92. The number of rotatable bonds is 6. The number of aromatic nitrogens is 4. The van der Waals surface area contributed by atoms with Gasteiger partial charge in [-0.15, -0.1) is 0 Å². The molecule has 0 spiro atoms. The Kier molecular flexibility index (Phi) is 4.62. The average molecular weight is 333 g/mol. The molecule has 3 rings (SSSR count). The SMILES string of the molecule is CCOc1cc2nc(Cn3ccnc3)nc(Cl)c2cc1OCC. The fourth-order valence-corrected chi connectivity index (χ4v) is 2.54. The molecule has 7 heteroatoms. The van der Waals surface area contributed by atoms with Gasteiger partial charge in [-0.05, 0) is 19.9 Å². The number of ether oxygens (including phenoxy) is 2. The molecule has 0 amide bonds. The van der Waals surface area contributed by atoms with E-state index in [1.807, 2.05) is 36.7 Å². The van der Waals surface area contributed by atoms with Crippen LogP contribution in [0.15, 0.2) is 30.9 Å². The van der Waals surface area contributed by atoms with E-state index in [1.54, 1.807) is 12.5 Å². The average Bonchev–Trinajstić information content (AvgIpc) is 3.02. The molecule has 23 heavy (non-hydrogen) atoms. The van der Waals surface area contributed by atoms with Gasteiger partial charge in [-0.3, -0.25) is 0 Å². The van der Waals surface area contributed by atoms with Crippen molar-refractivity contribution in [3.63, 3.8) is 0 Å². The minimum absolute atomic E-state index is 0.397. The first-order chi connectivity index (χ1) is 11.2. The highest BCUT2D eigenvalue weighted by molar-refractivity contribution is 6.34. The van der Waals surface area contributed by atoms with Crippen molar-refractivity contribution in [2.45, 2.75) is 20.4 Å². The normalized spacial score (nSPS) is 10.9. The molecule has 0 aliphatic rings. The monoisotopic (exact) mass is 332 g/mol. The number of imidazole rings is 1. The van der Waals surface area contributed by atoms with Gasteiger partial charge in [0.2, 0.25) is 0 Å². The van der Waals surface area contributed by atoms with Crippen molar-refractivity contribution in [3.8, 4) is 11.5 Å². The fourth-order valence-electron chi connectivity index (χ4n) is 2.30. The summed E-state index contributed by atoms with van der Waals surface area (Å²) in [7, 11) is 0. The molecule has 6 nitrogen and oxygen atoms in total. The molecule has 3 aromatic rings. The molecule has 2 aromatic heterocycles. The van der Waals surface area contributed by atoms with E-state index in [0.29, 0.717) is 42.2 Å². The molecular formula is C16H17ClN4O2. The van der Waals surface area contributed by atoms with Crippen LogP contribution in [0.1, 0.15) is 19.7 Å². The first-order valence-corrected chi connectivity index (χ1v) is 7.80. The lowest BCUT2D eigenvalue weighted by atomic mass is 10.2. The summed E-state index contributed by atoms with van der Waals surface area (Å²) in [4.78, 5) is 12.9. The maximum absolute atomic E-state index is 6.33. The lowest BCUT2D eigenvalue weighted by Gasteiger charge is -2.13. The summed E-state index contributed by atoms with van der Waals surface area (Å²) in [6.45, 7) is 5.45. The zero-order valence-corrected chi connectivity index (χ0v) is 13.7. The summed E-state index contributed by atoms with van der Waals surface area (Å²) in [5.41, 5.74) is 0.729. The van der Waals surface area contributed by atoms with Gasteiger partial charge in [-0.2, -0.15) is 0 Å². The van der Waals surface area contributed by atoms with E-state index in [1.165, 1.54) is 0 Å². The smallest absolute Gasteiger partial charge is 0.163 e. The predicted octanol–water partition coefficient (Wildman–Crippen LogP) is 3.33. The lowest BCUT2D eigenvalue weighted by Crippen LogP contribution is -2.04. The van der Waals surface area contributed by atoms with Gasteiger partial charge in [0.1, 0.15) is 11.0 Å². The number of benzene rings is 1. The summed E-state index contributed by atoms with van der Waals surface area (Å²) in [6, 6.07) is 3.67. The van der Waals surface area contributed by atoms with Crippen LogP contribution in [0.2, 0.25) is 5.15 Å². The molecule has 0 bridgehead atoms. The van der Waals surface area contributed by atoms with Crippen molar-refractivity contribution in [2.24, 2.45) is 0 Å². The van der Waals surface area contributed by atoms with Crippen molar-refractivity contribution in [2.75, 3.05) is 13.2 Å². The van der Waals surface area contributed by atoms with Gasteiger partial charge in [0.25, 0.3) is 0 Å². The van der Waals surface area contributed by atoms with Gasteiger partial charge < -0.3 is 14.0 Å². The number of hydrogen-bond acceptors (Lipinski definition) is 5. The molecule has 0 fully saturated rings. The van der Waals surface area contributed by atoms with Crippen LogP contribution >= 0.6 is 11.6 Å². The number of hydrogen-bond donors (Lipinski definition) is 0. The van der Waals surface area contributed by atoms with E-state index in [0.717, 1.165) is 10.9 Å². The molecule has 0 saturated heterocycles. The van der Waals surface area contributed by atoms with Gasteiger partial charge in [-0.1, -0.05) is 11.6 Å². The van der Waals surface area contributed by atoms with E-state index in [-0.39, 0.29) is 0 Å². The molecule has 0 unspecified atom stereocenters. The Morgan fingerprint density at radius 1 is 1.09 bits per heavy atom. The molecule has 1 aromatic carbocycles. The molecule has 0 aliphatic carbocycles. The zero-order valence-electron chi connectivity index (χ0n) is 13.0. The molecule has 120 valence electrons. The van der Waals surface area contributed by atoms with Crippen molar-refractivity contribution in [1.29, 1.82) is 0 Å². The standard InChI is InChI=1S/C16H17ClN4O2/c1-3-22-13-7-11-12(8-14(13)23-4-2)19-15(20-16(11)17)9-21-6-5-18-10-21/h5-8,10H,3-4,9H2,1-2H3. The second-order valence-corrected chi connectivity index (χ2v) is 5.21. The summed E-state index contributed by atoms with van der Waals surface area (Å²) in [6.07, 6.45) is 5.28. The van der Waals surface area contributed by atoms with Crippen LogP contribution in [0.4, 0.5) is 0 Å². The highest BCUT2D eigenvalue weighted by Gasteiger charge is 2.13. The molecule has 0 N–H and O–H groups in total. The van der Waals surface area contributed by atoms with Gasteiger partial charge >= 0.3 is 0 Å².